The Morgan fingerprint density at radius 2 is 1.53 bits per heavy atom. The first-order valence-electron chi connectivity index (χ1n) is 12.3. The van der Waals surface area contributed by atoms with E-state index in [0.717, 1.165) is 25.9 Å². The molecule has 2 fully saturated rings. The third kappa shape index (κ3) is 8.38. The first-order valence-corrected chi connectivity index (χ1v) is 12.3. The molecule has 1 aliphatic carbocycles. The van der Waals surface area contributed by atoms with Crippen molar-refractivity contribution in [3.8, 4) is 0 Å². The summed E-state index contributed by atoms with van der Waals surface area (Å²) in [5, 5.41) is 3.06. The predicted molar refractivity (Wildman–Crippen MR) is 126 cm³/mol. The zero-order chi connectivity index (χ0) is 24.1. The van der Waals surface area contributed by atoms with Gasteiger partial charge in [0.15, 0.2) is 0 Å². The molecule has 0 bridgehead atoms. The highest BCUT2D eigenvalue weighted by molar-refractivity contribution is 5.90. The largest absolute Gasteiger partial charge is 0.460 e. The number of amides is 2. The third-order valence-corrected chi connectivity index (χ3v) is 6.51. The summed E-state index contributed by atoms with van der Waals surface area (Å²) in [4.78, 5) is 43.4. The van der Waals surface area contributed by atoms with Crippen LogP contribution in [-0.2, 0) is 19.1 Å². The van der Waals surface area contributed by atoms with Gasteiger partial charge < -0.3 is 19.9 Å². The van der Waals surface area contributed by atoms with Crippen LogP contribution >= 0.6 is 0 Å². The number of hydrogen-bond acceptors (Lipinski definition) is 5. The highest BCUT2D eigenvalue weighted by Crippen LogP contribution is 2.32. The number of esters is 1. The third-order valence-electron chi connectivity index (χ3n) is 6.51. The number of ether oxygens (including phenoxy) is 1. The summed E-state index contributed by atoms with van der Waals surface area (Å²) < 4.78 is 5.51. The lowest BCUT2D eigenvalue weighted by Gasteiger charge is -2.39. The summed E-state index contributed by atoms with van der Waals surface area (Å²) in [6, 6.07) is -0.622. The van der Waals surface area contributed by atoms with Crippen LogP contribution in [0.1, 0.15) is 80.1 Å². The molecule has 2 aliphatic rings. The average Bonchev–Trinajstić information content (AvgIpc) is 3.16. The molecule has 32 heavy (non-hydrogen) atoms. The van der Waals surface area contributed by atoms with E-state index in [-0.39, 0.29) is 24.2 Å². The Morgan fingerprint density at radius 3 is 2.03 bits per heavy atom. The minimum atomic E-state index is -0.622. The lowest BCUT2D eigenvalue weighted by atomic mass is 9.84. The van der Waals surface area contributed by atoms with Crippen LogP contribution in [0.3, 0.4) is 0 Å². The summed E-state index contributed by atoms with van der Waals surface area (Å²) in [6.45, 7) is 14.4. The smallest absolute Gasteiger partial charge is 0.307 e. The van der Waals surface area contributed by atoms with Gasteiger partial charge in [0.2, 0.25) is 11.8 Å². The molecule has 1 saturated heterocycles. The topological polar surface area (TPSA) is 79.0 Å². The van der Waals surface area contributed by atoms with Crippen molar-refractivity contribution in [1.29, 1.82) is 0 Å². The van der Waals surface area contributed by atoms with Crippen molar-refractivity contribution < 1.29 is 19.1 Å². The van der Waals surface area contributed by atoms with E-state index in [1.807, 2.05) is 46.4 Å². The minimum Gasteiger partial charge on any atom is -0.460 e. The number of likely N-dealkylation sites (N-methyl/N-ethyl adjacent to an activating group) is 1. The van der Waals surface area contributed by atoms with Crippen LogP contribution in [0.25, 0.3) is 0 Å². The van der Waals surface area contributed by atoms with Crippen molar-refractivity contribution in [2.45, 2.75) is 91.7 Å². The Kier molecular flexibility index (Phi) is 9.15. The Labute approximate surface area is 194 Å². The van der Waals surface area contributed by atoms with E-state index < -0.39 is 23.0 Å². The second-order valence-corrected chi connectivity index (χ2v) is 11.8. The maximum Gasteiger partial charge on any atom is 0.307 e. The molecule has 0 aromatic heterocycles. The molecule has 0 aromatic carbocycles. The first-order chi connectivity index (χ1) is 14.8. The van der Waals surface area contributed by atoms with Crippen molar-refractivity contribution in [1.82, 2.24) is 15.1 Å². The number of carbonyl (C=O) groups is 3. The fourth-order valence-electron chi connectivity index (χ4n) is 4.63. The van der Waals surface area contributed by atoms with Crippen LogP contribution in [0.5, 0.6) is 0 Å². The summed E-state index contributed by atoms with van der Waals surface area (Å²) >= 11 is 0. The van der Waals surface area contributed by atoms with Crippen LogP contribution < -0.4 is 5.32 Å². The molecule has 0 aromatic rings. The standard InChI is InChI=1S/C25H45N3O4/c1-24(2,3)21(23(31)28-14-12-27(7)13-15-28)26-22(30)19(16-18-10-8-9-11-18)17-20(29)32-25(4,5)6/h18-19,21H,8-17H2,1-7H3,(H,26,30)/t19-,21-/m1/s1. The van der Waals surface area contributed by atoms with Crippen LogP contribution in [0, 0.1) is 17.3 Å². The molecule has 7 heteroatoms. The molecule has 0 spiro atoms. The lowest BCUT2D eigenvalue weighted by Crippen LogP contribution is -2.59. The average molecular weight is 452 g/mol. The van der Waals surface area contributed by atoms with Gasteiger partial charge in [-0.1, -0.05) is 46.5 Å². The summed E-state index contributed by atoms with van der Waals surface area (Å²) in [6.07, 6.45) is 5.28. The normalized spacial score (nSPS) is 20.7. The van der Waals surface area contributed by atoms with Gasteiger partial charge in [-0.05, 0) is 45.6 Å². The number of hydrogen-bond donors (Lipinski definition) is 1. The van der Waals surface area contributed by atoms with Gasteiger partial charge in [0.1, 0.15) is 11.6 Å². The van der Waals surface area contributed by atoms with Gasteiger partial charge in [0.05, 0.1) is 6.42 Å². The molecule has 2 amide bonds. The zero-order valence-electron chi connectivity index (χ0n) is 21.3. The molecule has 1 N–H and O–H groups in total. The van der Waals surface area contributed by atoms with E-state index in [1.165, 1.54) is 12.8 Å². The molecule has 184 valence electrons. The van der Waals surface area contributed by atoms with Crippen molar-refractivity contribution in [2.75, 3.05) is 33.2 Å². The molecule has 2 rings (SSSR count). The molecule has 1 aliphatic heterocycles. The fourth-order valence-corrected chi connectivity index (χ4v) is 4.63. The highest BCUT2D eigenvalue weighted by Gasteiger charge is 2.38. The zero-order valence-corrected chi connectivity index (χ0v) is 21.3. The van der Waals surface area contributed by atoms with E-state index in [9.17, 15) is 14.4 Å². The Balaban J connectivity index is 2.13. The Bertz CT molecular complexity index is 651. The minimum absolute atomic E-state index is 0.0316. The maximum absolute atomic E-state index is 13.4. The molecule has 1 heterocycles. The SMILES string of the molecule is CN1CCN(C(=O)[C@@H](NC(=O)[C@@H](CC(=O)OC(C)(C)C)CC2CCCC2)C(C)(C)C)CC1. The second kappa shape index (κ2) is 11.0. The fraction of sp³-hybridized carbons (Fsp3) is 0.880. The first kappa shape index (κ1) is 26.6. The van der Waals surface area contributed by atoms with E-state index >= 15 is 0 Å². The van der Waals surface area contributed by atoms with E-state index in [1.54, 1.807) is 0 Å². The van der Waals surface area contributed by atoms with E-state index in [4.69, 9.17) is 4.74 Å². The Hall–Kier alpha value is -1.63. The Morgan fingerprint density at radius 1 is 0.969 bits per heavy atom. The van der Waals surface area contributed by atoms with Crippen molar-refractivity contribution >= 4 is 17.8 Å². The second-order valence-electron chi connectivity index (χ2n) is 11.8. The van der Waals surface area contributed by atoms with Crippen LogP contribution in [0.2, 0.25) is 0 Å². The number of rotatable bonds is 7. The van der Waals surface area contributed by atoms with Crippen LogP contribution in [-0.4, -0.2) is 72.5 Å². The number of nitrogens with zero attached hydrogens (tertiary/aromatic N) is 2. The van der Waals surface area contributed by atoms with Gasteiger partial charge in [0.25, 0.3) is 0 Å². The summed E-state index contributed by atoms with van der Waals surface area (Å²) in [7, 11) is 2.05. The van der Waals surface area contributed by atoms with Gasteiger partial charge in [-0.15, -0.1) is 0 Å². The van der Waals surface area contributed by atoms with E-state index in [0.29, 0.717) is 25.4 Å². The predicted octanol–water partition coefficient (Wildman–Crippen LogP) is 3.22. The molecule has 0 unspecified atom stereocenters. The highest BCUT2D eigenvalue weighted by atomic mass is 16.6. The van der Waals surface area contributed by atoms with Gasteiger partial charge in [-0.2, -0.15) is 0 Å². The van der Waals surface area contributed by atoms with Gasteiger partial charge >= 0.3 is 5.97 Å². The molecule has 1 saturated carbocycles. The number of carbonyl (C=O) groups excluding carboxylic acids is 3. The van der Waals surface area contributed by atoms with E-state index in [2.05, 4.69) is 17.3 Å². The maximum atomic E-state index is 13.4. The van der Waals surface area contributed by atoms with Gasteiger partial charge in [-0.3, -0.25) is 14.4 Å². The summed E-state index contributed by atoms with van der Waals surface area (Å²) in [5.41, 5.74) is -1.02. The number of nitrogens with one attached hydrogen (secondary N) is 1. The monoisotopic (exact) mass is 451 g/mol. The molecular formula is C25H45N3O4. The molecule has 2 atom stereocenters. The summed E-state index contributed by atoms with van der Waals surface area (Å²) in [5.74, 6) is -0.609. The lowest BCUT2D eigenvalue weighted by molar-refractivity contribution is -0.157. The van der Waals surface area contributed by atoms with Crippen LogP contribution in [0.4, 0.5) is 0 Å². The molecular weight excluding hydrogens is 406 g/mol. The molecule has 0 radical (unpaired) electrons. The van der Waals surface area contributed by atoms with Crippen LogP contribution in [0.15, 0.2) is 0 Å². The van der Waals surface area contributed by atoms with Crippen molar-refractivity contribution in [3.63, 3.8) is 0 Å². The number of piperazine rings is 1. The molecule has 7 nitrogen and oxygen atoms in total. The van der Waals surface area contributed by atoms with Gasteiger partial charge in [-0.25, -0.2) is 0 Å². The van der Waals surface area contributed by atoms with Crippen molar-refractivity contribution in [2.24, 2.45) is 17.3 Å². The van der Waals surface area contributed by atoms with Crippen molar-refractivity contribution in [3.05, 3.63) is 0 Å². The quantitative estimate of drug-likeness (QED) is 0.601. The van der Waals surface area contributed by atoms with Gasteiger partial charge in [0, 0.05) is 32.1 Å².